The Bertz CT molecular complexity index is 1070. The highest BCUT2D eigenvalue weighted by molar-refractivity contribution is 6.42. The van der Waals surface area contributed by atoms with Crippen LogP contribution in [-0.2, 0) is 21.5 Å². The maximum absolute atomic E-state index is 13.6. The summed E-state index contributed by atoms with van der Waals surface area (Å²) >= 11 is 24.6. The van der Waals surface area contributed by atoms with Crippen molar-refractivity contribution in [2.24, 2.45) is 0 Å². The predicted octanol–water partition coefficient (Wildman–Crippen LogP) is 6.21. The fourth-order valence-electron chi connectivity index (χ4n) is 4.42. The van der Waals surface area contributed by atoms with E-state index in [4.69, 9.17) is 46.4 Å². The lowest BCUT2D eigenvalue weighted by molar-refractivity contribution is -0.130. The maximum atomic E-state index is 13.6. The summed E-state index contributed by atoms with van der Waals surface area (Å²) in [5.74, 6) is -0.0116. The van der Waals surface area contributed by atoms with E-state index < -0.39 is 5.41 Å². The largest absolute Gasteiger partial charge is 0.351 e. The molecule has 190 valence electrons. The van der Waals surface area contributed by atoms with Gasteiger partial charge in [-0.2, -0.15) is 0 Å². The maximum Gasteiger partial charge on any atom is 0.230 e. The van der Waals surface area contributed by atoms with Gasteiger partial charge in [-0.3, -0.25) is 9.59 Å². The lowest BCUT2D eigenvalue weighted by Crippen LogP contribution is -2.48. The number of amides is 2. The average Bonchev–Trinajstić information content (AvgIpc) is 2.84. The highest BCUT2D eigenvalue weighted by Crippen LogP contribution is 2.34. The van der Waals surface area contributed by atoms with Crippen molar-refractivity contribution < 1.29 is 9.59 Å². The topological polar surface area (TPSA) is 52.7 Å². The van der Waals surface area contributed by atoms with Crippen molar-refractivity contribution >= 4 is 58.2 Å². The van der Waals surface area contributed by atoms with Crippen molar-refractivity contribution in [3.63, 3.8) is 0 Å². The number of hydrogen-bond donors (Lipinski definition) is 1. The number of hydrogen-bond acceptors (Lipinski definition) is 3. The Labute approximate surface area is 227 Å². The zero-order valence-corrected chi connectivity index (χ0v) is 23.2. The lowest BCUT2D eigenvalue weighted by Gasteiger charge is -2.38. The first-order valence-electron chi connectivity index (χ1n) is 11.6. The third-order valence-corrected chi connectivity index (χ3v) is 8.50. The fraction of sp³-hybridized carbons (Fsp3) is 0.462. The van der Waals surface area contributed by atoms with Gasteiger partial charge < -0.3 is 15.1 Å². The molecular weight excluding hydrogens is 528 g/mol. The molecular formula is C26H31Cl4N3O2. The van der Waals surface area contributed by atoms with E-state index in [0.29, 0.717) is 33.1 Å². The molecule has 0 aromatic heterocycles. The molecule has 5 nitrogen and oxygen atoms in total. The molecule has 2 aromatic rings. The molecule has 0 bridgehead atoms. The molecule has 1 fully saturated rings. The molecule has 1 N–H and O–H groups in total. The zero-order chi connectivity index (χ0) is 25.8. The van der Waals surface area contributed by atoms with Gasteiger partial charge in [0.2, 0.25) is 11.8 Å². The number of carbonyl (C=O) groups excluding carboxylic acids is 2. The van der Waals surface area contributed by atoms with E-state index in [1.807, 2.05) is 31.0 Å². The van der Waals surface area contributed by atoms with Gasteiger partial charge in [-0.15, -0.1) is 0 Å². The lowest BCUT2D eigenvalue weighted by atomic mass is 9.78. The molecule has 1 aliphatic heterocycles. The zero-order valence-electron chi connectivity index (χ0n) is 20.2. The van der Waals surface area contributed by atoms with Crippen molar-refractivity contribution in [1.29, 1.82) is 0 Å². The number of rotatable bonds is 8. The van der Waals surface area contributed by atoms with Crippen molar-refractivity contribution in [2.45, 2.75) is 51.1 Å². The molecule has 2 aromatic carbocycles. The second-order valence-electron chi connectivity index (χ2n) is 9.34. The minimum atomic E-state index is -0.822. The first-order valence-corrected chi connectivity index (χ1v) is 13.2. The molecule has 1 saturated heterocycles. The molecule has 9 heteroatoms. The van der Waals surface area contributed by atoms with Crippen LogP contribution in [0.1, 0.15) is 44.2 Å². The highest BCUT2D eigenvalue weighted by atomic mass is 35.5. The summed E-state index contributed by atoms with van der Waals surface area (Å²) in [4.78, 5) is 29.4. The van der Waals surface area contributed by atoms with Crippen LogP contribution in [0.15, 0.2) is 36.4 Å². The van der Waals surface area contributed by atoms with Crippen molar-refractivity contribution in [3.8, 4) is 0 Å². The summed E-state index contributed by atoms with van der Waals surface area (Å²) in [6, 6.07) is 10.9. The van der Waals surface area contributed by atoms with E-state index in [-0.39, 0.29) is 17.9 Å². The van der Waals surface area contributed by atoms with Crippen molar-refractivity contribution in [2.75, 3.05) is 26.7 Å². The summed E-state index contributed by atoms with van der Waals surface area (Å²) in [7, 11) is 1.86. The van der Waals surface area contributed by atoms with E-state index >= 15 is 0 Å². The Morgan fingerprint density at radius 1 is 1.00 bits per heavy atom. The van der Waals surface area contributed by atoms with Gasteiger partial charge in [-0.1, -0.05) is 58.5 Å². The normalized spacial score (nSPS) is 16.5. The second kappa shape index (κ2) is 12.2. The van der Waals surface area contributed by atoms with Gasteiger partial charge in [-0.05, 0) is 68.1 Å². The molecule has 35 heavy (non-hydrogen) atoms. The molecule has 3 rings (SSSR count). The number of carbonyl (C=O) groups is 2. The monoisotopic (exact) mass is 557 g/mol. The summed E-state index contributed by atoms with van der Waals surface area (Å²) < 4.78 is 0. The van der Waals surface area contributed by atoms with E-state index in [1.54, 1.807) is 31.2 Å². The molecule has 0 spiro atoms. The van der Waals surface area contributed by atoms with E-state index in [1.165, 1.54) is 0 Å². The van der Waals surface area contributed by atoms with Gasteiger partial charge in [0.05, 0.1) is 25.5 Å². The van der Waals surface area contributed by atoms with Crippen LogP contribution in [0.2, 0.25) is 20.1 Å². The van der Waals surface area contributed by atoms with Gasteiger partial charge in [0.15, 0.2) is 0 Å². The first-order chi connectivity index (χ1) is 16.5. The Kier molecular flexibility index (Phi) is 9.75. The standard InChI is InChI=1S/C26H31Cl4N3O2/c1-17(34)32(3)20-8-11-33(12-9-20)13-10-26(2,19-5-7-22(28)24(30)15-19)25(35)31-16-18-4-6-21(27)23(29)14-18/h4-7,14-15,20H,8-13,16H2,1-3H3,(H,31,35). The van der Waals surface area contributed by atoms with E-state index in [0.717, 1.165) is 43.6 Å². The summed E-state index contributed by atoms with van der Waals surface area (Å²) in [6.45, 7) is 6.37. The first kappa shape index (κ1) is 28.1. The Hall–Kier alpha value is -1.50. The SMILES string of the molecule is CC(=O)N(C)C1CCN(CCC(C)(C(=O)NCc2ccc(Cl)c(Cl)c2)c2ccc(Cl)c(Cl)c2)CC1. The third-order valence-electron chi connectivity index (χ3n) is 7.02. The van der Waals surface area contributed by atoms with Crippen LogP contribution in [0.25, 0.3) is 0 Å². The summed E-state index contributed by atoms with van der Waals surface area (Å²) in [6.07, 6.45) is 2.44. The number of piperidine rings is 1. The minimum absolute atomic E-state index is 0.0919. The number of nitrogens with zero attached hydrogens (tertiary/aromatic N) is 2. The van der Waals surface area contributed by atoms with Gasteiger partial charge >= 0.3 is 0 Å². The quantitative estimate of drug-likeness (QED) is 0.419. The highest BCUT2D eigenvalue weighted by Gasteiger charge is 2.36. The number of nitrogens with one attached hydrogen (secondary N) is 1. The summed E-state index contributed by atoms with van der Waals surface area (Å²) in [5.41, 5.74) is 0.850. The van der Waals surface area contributed by atoms with Gasteiger partial charge in [0, 0.05) is 39.6 Å². The van der Waals surface area contributed by atoms with Crippen LogP contribution in [-0.4, -0.2) is 54.3 Å². The molecule has 0 radical (unpaired) electrons. The molecule has 1 aliphatic rings. The molecule has 2 amide bonds. The van der Waals surface area contributed by atoms with Gasteiger partial charge in [0.1, 0.15) is 0 Å². The average molecular weight is 559 g/mol. The van der Waals surface area contributed by atoms with Crippen LogP contribution in [0, 0.1) is 0 Å². The third kappa shape index (κ3) is 7.05. The number of benzene rings is 2. The van der Waals surface area contributed by atoms with Gasteiger partial charge in [-0.25, -0.2) is 0 Å². The smallest absolute Gasteiger partial charge is 0.230 e. The molecule has 0 aliphatic carbocycles. The Morgan fingerprint density at radius 3 is 2.17 bits per heavy atom. The second-order valence-corrected chi connectivity index (χ2v) is 11.0. The fourth-order valence-corrected chi connectivity index (χ4v) is 5.04. The van der Waals surface area contributed by atoms with Gasteiger partial charge in [0.25, 0.3) is 0 Å². The van der Waals surface area contributed by atoms with Crippen LogP contribution in [0.4, 0.5) is 0 Å². The molecule has 0 saturated carbocycles. The van der Waals surface area contributed by atoms with E-state index in [9.17, 15) is 9.59 Å². The van der Waals surface area contributed by atoms with Crippen molar-refractivity contribution in [3.05, 3.63) is 67.6 Å². The van der Waals surface area contributed by atoms with Crippen LogP contribution in [0.5, 0.6) is 0 Å². The van der Waals surface area contributed by atoms with Crippen LogP contribution < -0.4 is 5.32 Å². The molecule has 1 unspecified atom stereocenters. The van der Waals surface area contributed by atoms with Crippen molar-refractivity contribution in [1.82, 2.24) is 15.1 Å². The van der Waals surface area contributed by atoms with Crippen LogP contribution >= 0.6 is 46.4 Å². The number of halogens is 4. The minimum Gasteiger partial charge on any atom is -0.351 e. The molecule has 1 atom stereocenters. The van der Waals surface area contributed by atoms with E-state index in [2.05, 4.69) is 10.2 Å². The Morgan fingerprint density at radius 2 is 1.60 bits per heavy atom. The Balaban J connectivity index is 1.72. The van der Waals surface area contributed by atoms with Crippen LogP contribution in [0.3, 0.4) is 0 Å². The predicted molar refractivity (Wildman–Crippen MR) is 145 cm³/mol. The molecule has 1 heterocycles. The summed E-state index contributed by atoms with van der Waals surface area (Å²) in [5, 5.41) is 4.85. The number of likely N-dealkylation sites (tertiary alicyclic amines) is 1.